The maximum Gasteiger partial charge on any atom is 0.244 e. The van der Waals surface area contributed by atoms with E-state index in [4.69, 9.17) is 0 Å². The summed E-state index contributed by atoms with van der Waals surface area (Å²) in [4.78, 5) is 28.5. The molecule has 2 amide bonds. The van der Waals surface area contributed by atoms with Crippen LogP contribution in [0.1, 0.15) is 23.6 Å². The monoisotopic (exact) mass is 603 g/mol. The number of anilines is 1. The normalized spacial score (nSPS) is 12.0. The van der Waals surface area contributed by atoms with Gasteiger partial charge in [0.15, 0.2) is 0 Å². The highest BCUT2D eigenvalue weighted by molar-refractivity contribution is 9.10. The number of carbonyl (C=O) groups excluding carboxylic acids is 2. The number of hydrogen-bond acceptors (Lipinski definition) is 4. The van der Waals surface area contributed by atoms with Gasteiger partial charge in [0, 0.05) is 24.0 Å². The van der Waals surface area contributed by atoms with Crippen molar-refractivity contribution in [3.05, 3.63) is 99.8 Å². The highest BCUT2D eigenvalue weighted by Crippen LogP contribution is 2.25. The Bertz CT molecular complexity index is 1370. The molecule has 0 aliphatic heterocycles. The summed E-state index contributed by atoms with van der Waals surface area (Å²) in [5.41, 5.74) is 2.58. The van der Waals surface area contributed by atoms with Crippen LogP contribution in [0.3, 0.4) is 0 Å². The number of halogens is 2. The largest absolute Gasteiger partial charge is 0.355 e. The standard InChI is InChI=1S/C28H31BrFN3O4S/c1-4-31-28(35)26(17-21-8-6-5-7-9-21)32(18-22-10-12-23(30)13-11-22)27(34)19-33(38(3,36)37)24-14-15-25(29)20(2)16-24/h5-16,26H,4,17-19H2,1-3H3,(H,31,35)/t26-/m1/s1. The molecule has 0 bridgehead atoms. The molecule has 0 aliphatic carbocycles. The van der Waals surface area contributed by atoms with Crippen molar-refractivity contribution >= 4 is 43.5 Å². The van der Waals surface area contributed by atoms with E-state index in [-0.39, 0.29) is 18.9 Å². The number of likely N-dealkylation sites (N-methyl/N-ethyl adjacent to an activating group) is 1. The predicted molar refractivity (Wildman–Crippen MR) is 151 cm³/mol. The van der Waals surface area contributed by atoms with Crippen molar-refractivity contribution < 1.29 is 22.4 Å². The molecule has 3 rings (SSSR count). The molecule has 1 N–H and O–H groups in total. The van der Waals surface area contributed by atoms with Gasteiger partial charge >= 0.3 is 0 Å². The molecule has 0 fully saturated rings. The lowest BCUT2D eigenvalue weighted by molar-refractivity contribution is -0.140. The Hall–Kier alpha value is -3.24. The molecule has 10 heteroatoms. The fourth-order valence-electron chi connectivity index (χ4n) is 4.03. The summed E-state index contributed by atoms with van der Waals surface area (Å²) in [5.74, 6) is -1.35. The van der Waals surface area contributed by atoms with Crippen LogP contribution in [0.25, 0.3) is 0 Å². The Balaban J connectivity index is 2.04. The molecule has 3 aromatic carbocycles. The van der Waals surface area contributed by atoms with Crippen LogP contribution < -0.4 is 9.62 Å². The molecule has 0 unspecified atom stereocenters. The van der Waals surface area contributed by atoms with Gasteiger partial charge in [-0.25, -0.2) is 12.8 Å². The summed E-state index contributed by atoms with van der Waals surface area (Å²) in [6.07, 6.45) is 1.25. The Morgan fingerprint density at radius 1 is 1.00 bits per heavy atom. The molecule has 38 heavy (non-hydrogen) atoms. The lowest BCUT2D eigenvalue weighted by Gasteiger charge is -2.33. The van der Waals surface area contributed by atoms with Gasteiger partial charge in [-0.05, 0) is 60.9 Å². The zero-order chi connectivity index (χ0) is 27.9. The number of hydrogen-bond donors (Lipinski definition) is 1. The van der Waals surface area contributed by atoms with Crippen LogP contribution in [0.2, 0.25) is 0 Å². The van der Waals surface area contributed by atoms with Gasteiger partial charge in [0.1, 0.15) is 18.4 Å². The summed E-state index contributed by atoms with van der Waals surface area (Å²) in [6.45, 7) is 3.44. The maximum absolute atomic E-state index is 13.9. The van der Waals surface area contributed by atoms with Gasteiger partial charge in [-0.3, -0.25) is 13.9 Å². The number of nitrogens with one attached hydrogen (secondary N) is 1. The van der Waals surface area contributed by atoms with Crippen LogP contribution in [-0.4, -0.2) is 50.5 Å². The number of carbonyl (C=O) groups is 2. The minimum absolute atomic E-state index is 0.00921. The van der Waals surface area contributed by atoms with Crippen LogP contribution in [-0.2, 0) is 32.6 Å². The van der Waals surface area contributed by atoms with E-state index in [0.717, 1.165) is 26.2 Å². The van der Waals surface area contributed by atoms with Crippen molar-refractivity contribution in [3.8, 4) is 0 Å². The third kappa shape index (κ3) is 7.88. The average molecular weight is 605 g/mol. The van der Waals surface area contributed by atoms with E-state index in [2.05, 4.69) is 21.2 Å². The summed E-state index contributed by atoms with van der Waals surface area (Å²) in [5, 5.41) is 2.80. The van der Waals surface area contributed by atoms with Crippen molar-refractivity contribution in [1.29, 1.82) is 0 Å². The molecule has 7 nitrogen and oxygen atoms in total. The van der Waals surface area contributed by atoms with E-state index >= 15 is 0 Å². The Morgan fingerprint density at radius 2 is 1.66 bits per heavy atom. The third-order valence-electron chi connectivity index (χ3n) is 6.00. The molecule has 0 spiro atoms. The van der Waals surface area contributed by atoms with Gasteiger partial charge in [0.25, 0.3) is 0 Å². The third-order valence-corrected chi connectivity index (χ3v) is 8.03. The summed E-state index contributed by atoms with van der Waals surface area (Å²) in [6, 6.07) is 19.0. The fourth-order valence-corrected chi connectivity index (χ4v) is 5.12. The van der Waals surface area contributed by atoms with Crippen molar-refractivity contribution in [2.24, 2.45) is 0 Å². The topological polar surface area (TPSA) is 86.8 Å². The minimum atomic E-state index is -3.85. The molecule has 0 heterocycles. The van der Waals surface area contributed by atoms with Gasteiger partial charge in [-0.15, -0.1) is 0 Å². The highest BCUT2D eigenvalue weighted by atomic mass is 79.9. The van der Waals surface area contributed by atoms with E-state index in [9.17, 15) is 22.4 Å². The van der Waals surface area contributed by atoms with Crippen molar-refractivity contribution in [1.82, 2.24) is 10.2 Å². The first-order valence-corrected chi connectivity index (χ1v) is 14.7. The number of nitrogens with zero attached hydrogens (tertiary/aromatic N) is 2. The van der Waals surface area contributed by atoms with Crippen LogP contribution in [0, 0.1) is 12.7 Å². The highest BCUT2D eigenvalue weighted by Gasteiger charge is 2.32. The molecule has 0 saturated carbocycles. The van der Waals surface area contributed by atoms with Crippen molar-refractivity contribution in [2.45, 2.75) is 32.9 Å². The van der Waals surface area contributed by atoms with E-state index in [1.807, 2.05) is 37.3 Å². The van der Waals surface area contributed by atoms with Gasteiger partial charge in [-0.2, -0.15) is 0 Å². The fraction of sp³-hybridized carbons (Fsp3) is 0.286. The zero-order valence-corrected chi connectivity index (χ0v) is 23.9. The van der Waals surface area contributed by atoms with Crippen molar-refractivity contribution in [2.75, 3.05) is 23.7 Å². The smallest absolute Gasteiger partial charge is 0.244 e. The van der Waals surface area contributed by atoms with Crippen LogP contribution in [0.15, 0.2) is 77.3 Å². The summed E-state index contributed by atoms with van der Waals surface area (Å²) < 4.78 is 41.0. The van der Waals surface area contributed by atoms with Gasteiger partial charge in [-0.1, -0.05) is 58.4 Å². The van der Waals surface area contributed by atoms with Gasteiger partial charge in [0.05, 0.1) is 11.9 Å². The number of amides is 2. The van der Waals surface area contributed by atoms with Crippen LogP contribution in [0.4, 0.5) is 10.1 Å². The summed E-state index contributed by atoms with van der Waals surface area (Å²) >= 11 is 3.41. The molecule has 0 radical (unpaired) electrons. The molecule has 0 aliphatic rings. The Morgan fingerprint density at radius 3 is 2.24 bits per heavy atom. The van der Waals surface area contributed by atoms with E-state index < -0.39 is 34.3 Å². The zero-order valence-electron chi connectivity index (χ0n) is 21.5. The molecular formula is C28H31BrFN3O4S. The van der Waals surface area contributed by atoms with Crippen LogP contribution in [0.5, 0.6) is 0 Å². The predicted octanol–water partition coefficient (Wildman–Crippen LogP) is 4.44. The number of rotatable bonds is 11. The SMILES string of the molecule is CCNC(=O)[C@@H](Cc1ccccc1)N(Cc1ccc(F)cc1)C(=O)CN(c1ccc(Br)c(C)c1)S(C)(=O)=O. The molecular weight excluding hydrogens is 573 g/mol. The number of sulfonamides is 1. The first-order valence-electron chi connectivity index (χ1n) is 12.1. The number of aryl methyl sites for hydroxylation is 1. The van der Waals surface area contributed by atoms with Crippen molar-refractivity contribution in [3.63, 3.8) is 0 Å². The maximum atomic E-state index is 13.9. The molecule has 1 atom stereocenters. The molecule has 3 aromatic rings. The van der Waals surface area contributed by atoms with E-state index in [1.165, 1.54) is 17.0 Å². The quantitative estimate of drug-likeness (QED) is 0.351. The van der Waals surface area contributed by atoms with Gasteiger partial charge in [0.2, 0.25) is 21.8 Å². The average Bonchev–Trinajstić information content (AvgIpc) is 2.87. The second kappa shape index (κ2) is 13.0. The second-order valence-electron chi connectivity index (χ2n) is 8.95. The minimum Gasteiger partial charge on any atom is -0.355 e. The Kier molecular flexibility index (Phi) is 10.0. The Labute approximate surface area is 231 Å². The molecule has 202 valence electrons. The van der Waals surface area contributed by atoms with Gasteiger partial charge < -0.3 is 10.2 Å². The van der Waals surface area contributed by atoms with E-state index in [1.54, 1.807) is 37.3 Å². The van der Waals surface area contributed by atoms with E-state index in [0.29, 0.717) is 17.8 Å². The second-order valence-corrected chi connectivity index (χ2v) is 11.7. The first kappa shape index (κ1) is 29.3. The molecule has 0 aromatic heterocycles. The lowest BCUT2D eigenvalue weighted by Crippen LogP contribution is -2.53. The lowest BCUT2D eigenvalue weighted by atomic mass is 10.0. The molecule has 0 saturated heterocycles. The first-order chi connectivity index (χ1) is 18.0. The summed E-state index contributed by atoms with van der Waals surface area (Å²) in [7, 11) is -3.85. The van der Waals surface area contributed by atoms with Crippen LogP contribution >= 0.6 is 15.9 Å². The number of benzene rings is 3.